The summed E-state index contributed by atoms with van der Waals surface area (Å²) >= 11 is 5.36. The summed E-state index contributed by atoms with van der Waals surface area (Å²) in [5.74, 6) is 3.45. The van der Waals surface area contributed by atoms with Crippen LogP contribution in [0.1, 0.15) is 33.1 Å². The standard InChI is InChI=1S/C10H13Cl/c1-8-4-3-5-10(6-7-11)9(8)2/h10H,3-5H2,1-2H3. The van der Waals surface area contributed by atoms with Crippen molar-refractivity contribution in [3.8, 4) is 11.3 Å². The first-order chi connectivity index (χ1) is 5.25. The fraction of sp³-hybridized carbons (Fsp3) is 0.600. The van der Waals surface area contributed by atoms with E-state index in [0.29, 0.717) is 5.92 Å². The molecule has 1 heteroatoms. The second-order valence-electron chi connectivity index (χ2n) is 3.15. The van der Waals surface area contributed by atoms with E-state index in [1.807, 2.05) is 0 Å². The summed E-state index contributed by atoms with van der Waals surface area (Å²) in [5, 5.41) is 2.48. The molecule has 0 aromatic heterocycles. The van der Waals surface area contributed by atoms with Gasteiger partial charge in [0.05, 0.1) is 0 Å². The van der Waals surface area contributed by atoms with Crippen molar-refractivity contribution in [1.82, 2.24) is 0 Å². The van der Waals surface area contributed by atoms with Gasteiger partial charge in [0.2, 0.25) is 0 Å². The molecule has 0 radical (unpaired) electrons. The zero-order valence-electron chi connectivity index (χ0n) is 7.08. The van der Waals surface area contributed by atoms with Gasteiger partial charge in [-0.15, -0.1) is 0 Å². The Kier molecular flexibility index (Phi) is 3.02. The van der Waals surface area contributed by atoms with Gasteiger partial charge in [-0.2, -0.15) is 0 Å². The van der Waals surface area contributed by atoms with E-state index in [2.05, 4.69) is 25.1 Å². The predicted octanol–water partition coefficient (Wildman–Crippen LogP) is 3.32. The first-order valence-corrected chi connectivity index (χ1v) is 4.41. The fourth-order valence-electron chi connectivity index (χ4n) is 1.53. The predicted molar refractivity (Wildman–Crippen MR) is 49.3 cm³/mol. The van der Waals surface area contributed by atoms with Crippen LogP contribution in [0.4, 0.5) is 0 Å². The van der Waals surface area contributed by atoms with Gasteiger partial charge in [0.1, 0.15) is 0 Å². The Morgan fingerprint density at radius 3 is 2.82 bits per heavy atom. The minimum Gasteiger partial charge on any atom is -0.0780 e. The molecule has 60 valence electrons. The number of hydrogen-bond donors (Lipinski definition) is 0. The molecule has 11 heavy (non-hydrogen) atoms. The maximum absolute atomic E-state index is 5.36. The number of hydrogen-bond acceptors (Lipinski definition) is 0. The minimum absolute atomic E-state index is 0.432. The maximum atomic E-state index is 5.36. The van der Waals surface area contributed by atoms with Gasteiger partial charge in [-0.3, -0.25) is 0 Å². The van der Waals surface area contributed by atoms with E-state index in [9.17, 15) is 0 Å². The van der Waals surface area contributed by atoms with Crippen molar-refractivity contribution >= 4 is 11.6 Å². The summed E-state index contributed by atoms with van der Waals surface area (Å²) < 4.78 is 0. The van der Waals surface area contributed by atoms with Gasteiger partial charge in [-0.25, -0.2) is 0 Å². The SMILES string of the molecule is CC1=C(C)C(C#CCl)CCC1. The van der Waals surface area contributed by atoms with Crippen LogP contribution in [0.2, 0.25) is 0 Å². The Balaban J connectivity index is 2.79. The summed E-state index contributed by atoms with van der Waals surface area (Å²) in [5.41, 5.74) is 2.94. The van der Waals surface area contributed by atoms with Gasteiger partial charge in [0.25, 0.3) is 0 Å². The van der Waals surface area contributed by atoms with Crippen LogP contribution in [0.3, 0.4) is 0 Å². The van der Waals surface area contributed by atoms with Crippen molar-refractivity contribution in [3.05, 3.63) is 11.1 Å². The van der Waals surface area contributed by atoms with Gasteiger partial charge < -0.3 is 0 Å². The summed E-state index contributed by atoms with van der Waals surface area (Å²) in [6, 6.07) is 0. The number of halogens is 1. The second-order valence-corrected chi connectivity index (χ2v) is 3.34. The van der Waals surface area contributed by atoms with Gasteiger partial charge in [0.15, 0.2) is 0 Å². The molecule has 1 rings (SSSR count). The molecular formula is C10H13Cl. The van der Waals surface area contributed by atoms with Crippen molar-refractivity contribution in [1.29, 1.82) is 0 Å². The zero-order valence-corrected chi connectivity index (χ0v) is 7.83. The third-order valence-electron chi connectivity index (χ3n) is 2.47. The van der Waals surface area contributed by atoms with Crippen molar-refractivity contribution in [2.75, 3.05) is 0 Å². The lowest BCUT2D eigenvalue weighted by atomic mass is 9.85. The molecule has 0 aromatic carbocycles. The molecule has 1 aliphatic carbocycles. The van der Waals surface area contributed by atoms with Crippen LogP contribution in [0.25, 0.3) is 0 Å². The molecule has 0 bridgehead atoms. The molecule has 0 aromatic rings. The minimum atomic E-state index is 0.432. The Labute approximate surface area is 73.6 Å². The molecule has 1 atom stereocenters. The van der Waals surface area contributed by atoms with Crippen molar-refractivity contribution in [3.63, 3.8) is 0 Å². The monoisotopic (exact) mass is 168 g/mol. The van der Waals surface area contributed by atoms with Crippen molar-refractivity contribution in [2.24, 2.45) is 5.92 Å². The Morgan fingerprint density at radius 2 is 2.18 bits per heavy atom. The molecule has 0 heterocycles. The van der Waals surface area contributed by atoms with Crippen LogP contribution < -0.4 is 0 Å². The average Bonchev–Trinajstić information content (AvgIpc) is 1.99. The zero-order chi connectivity index (χ0) is 8.27. The molecule has 0 N–H and O–H groups in total. The van der Waals surface area contributed by atoms with E-state index >= 15 is 0 Å². The normalized spacial score (nSPS) is 24.5. The maximum Gasteiger partial charge on any atom is 0.0424 e. The van der Waals surface area contributed by atoms with E-state index in [-0.39, 0.29) is 0 Å². The Bertz CT molecular complexity index is 227. The molecule has 0 spiro atoms. The summed E-state index contributed by atoms with van der Waals surface area (Å²) in [4.78, 5) is 0. The van der Waals surface area contributed by atoms with Crippen molar-refractivity contribution in [2.45, 2.75) is 33.1 Å². The topological polar surface area (TPSA) is 0 Å². The third-order valence-corrected chi connectivity index (χ3v) is 2.58. The van der Waals surface area contributed by atoms with Crippen LogP contribution in [0.5, 0.6) is 0 Å². The molecule has 0 nitrogen and oxygen atoms in total. The molecule has 0 aliphatic heterocycles. The van der Waals surface area contributed by atoms with Gasteiger partial charge in [-0.05, 0) is 44.7 Å². The highest BCUT2D eigenvalue weighted by atomic mass is 35.5. The van der Waals surface area contributed by atoms with E-state index in [4.69, 9.17) is 11.6 Å². The molecule has 0 fully saturated rings. The summed E-state index contributed by atoms with van der Waals surface area (Å²) in [7, 11) is 0. The highest BCUT2D eigenvalue weighted by Gasteiger charge is 2.14. The van der Waals surface area contributed by atoms with Gasteiger partial charge >= 0.3 is 0 Å². The van der Waals surface area contributed by atoms with Crippen LogP contribution in [-0.4, -0.2) is 0 Å². The van der Waals surface area contributed by atoms with E-state index in [1.54, 1.807) is 0 Å². The molecule has 0 saturated carbocycles. The molecule has 0 saturated heterocycles. The Morgan fingerprint density at radius 1 is 1.45 bits per heavy atom. The second kappa shape index (κ2) is 3.83. The average molecular weight is 169 g/mol. The molecule has 1 aliphatic rings. The van der Waals surface area contributed by atoms with Gasteiger partial charge in [-0.1, -0.05) is 17.1 Å². The molecule has 0 amide bonds. The van der Waals surface area contributed by atoms with Crippen LogP contribution in [-0.2, 0) is 0 Å². The van der Waals surface area contributed by atoms with Gasteiger partial charge in [0, 0.05) is 11.3 Å². The largest absolute Gasteiger partial charge is 0.0780 e. The number of rotatable bonds is 0. The van der Waals surface area contributed by atoms with Crippen molar-refractivity contribution < 1.29 is 0 Å². The lowest BCUT2D eigenvalue weighted by molar-refractivity contribution is 0.591. The Hall–Kier alpha value is -0.410. The quantitative estimate of drug-likeness (QED) is 0.385. The van der Waals surface area contributed by atoms with Crippen LogP contribution in [0.15, 0.2) is 11.1 Å². The lowest BCUT2D eigenvalue weighted by Gasteiger charge is -2.20. The lowest BCUT2D eigenvalue weighted by Crippen LogP contribution is -2.06. The van der Waals surface area contributed by atoms with E-state index in [1.165, 1.54) is 30.4 Å². The fourth-order valence-corrected chi connectivity index (χ4v) is 1.66. The van der Waals surface area contributed by atoms with Crippen LogP contribution >= 0.6 is 11.6 Å². The summed E-state index contributed by atoms with van der Waals surface area (Å²) in [6.07, 6.45) is 3.69. The smallest absolute Gasteiger partial charge is 0.0424 e. The van der Waals surface area contributed by atoms with Crippen LogP contribution in [0, 0.1) is 17.2 Å². The number of allylic oxidation sites excluding steroid dienone is 2. The summed E-state index contributed by atoms with van der Waals surface area (Å²) in [6.45, 7) is 4.36. The first kappa shape index (κ1) is 8.68. The highest BCUT2D eigenvalue weighted by molar-refractivity contribution is 6.30. The van der Waals surface area contributed by atoms with E-state index < -0.39 is 0 Å². The van der Waals surface area contributed by atoms with E-state index in [0.717, 1.165) is 0 Å². The first-order valence-electron chi connectivity index (χ1n) is 4.03. The molecule has 1 unspecified atom stereocenters. The highest BCUT2D eigenvalue weighted by Crippen LogP contribution is 2.28. The molecular weight excluding hydrogens is 156 g/mol. The third kappa shape index (κ3) is 2.01.